The molecule has 1 fully saturated rings. The highest BCUT2D eigenvalue weighted by Crippen LogP contribution is 2.24. The fourth-order valence-electron chi connectivity index (χ4n) is 2.81. The van der Waals surface area contributed by atoms with Gasteiger partial charge in [0.05, 0.1) is 30.3 Å². The third kappa shape index (κ3) is 5.06. The lowest BCUT2D eigenvalue weighted by molar-refractivity contribution is -0.114. The van der Waals surface area contributed by atoms with Gasteiger partial charge in [0.1, 0.15) is 16.8 Å². The lowest BCUT2D eigenvalue weighted by atomic mass is 10.2. The van der Waals surface area contributed by atoms with E-state index in [4.69, 9.17) is 21.6 Å². The van der Waals surface area contributed by atoms with E-state index in [9.17, 15) is 17.6 Å². The highest BCUT2D eigenvalue weighted by Gasteiger charge is 2.29. The molecule has 1 aliphatic rings. The Labute approximate surface area is 178 Å². The Morgan fingerprint density at radius 3 is 2.57 bits per heavy atom. The van der Waals surface area contributed by atoms with Crippen LogP contribution in [-0.4, -0.2) is 51.5 Å². The number of rotatable bonds is 6. The zero-order valence-electron chi connectivity index (χ0n) is 15.7. The summed E-state index contributed by atoms with van der Waals surface area (Å²) in [5.74, 6) is -1.30. The molecule has 3 rings (SSSR count). The van der Waals surface area contributed by atoms with E-state index in [-0.39, 0.29) is 49.1 Å². The van der Waals surface area contributed by atoms with E-state index in [0.717, 1.165) is 12.1 Å². The minimum atomic E-state index is -4.02. The van der Waals surface area contributed by atoms with Crippen molar-refractivity contribution in [3.8, 4) is 6.07 Å². The van der Waals surface area contributed by atoms with Gasteiger partial charge in [-0.1, -0.05) is 11.6 Å². The van der Waals surface area contributed by atoms with Gasteiger partial charge < -0.3 is 15.4 Å². The summed E-state index contributed by atoms with van der Waals surface area (Å²) in [6.07, 6.45) is 0. The van der Waals surface area contributed by atoms with Crippen molar-refractivity contribution >= 4 is 38.9 Å². The van der Waals surface area contributed by atoms with Gasteiger partial charge in [0, 0.05) is 24.5 Å². The molecular formula is C19H18ClFN4O4S. The van der Waals surface area contributed by atoms with Crippen LogP contribution in [0, 0.1) is 17.1 Å². The molecule has 11 heteroatoms. The van der Waals surface area contributed by atoms with Crippen molar-refractivity contribution < 1.29 is 22.3 Å². The van der Waals surface area contributed by atoms with Crippen molar-refractivity contribution in [1.82, 2.24) is 4.31 Å². The Kier molecular flexibility index (Phi) is 6.89. The molecule has 1 heterocycles. The number of ether oxygens (including phenoxy) is 1. The predicted octanol–water partition coefficient (Wildman–Crippen LogP) is 2.42. The summed E-state index contributed by atoms with van der Waals surface area (Å²) in [7, 11) is -4.02. The lowest BCUT2D eigenvalue weighted by Crippen LogP contribution is -2.40. The van der Waals surface area contributed by atoms with E-state index >= 15 is 0 Å². The second-order valence-corrected chi connectivity index (χ2v) is 8.68. The van der Waals surface area contributed by atoms with Crippen LogP contribution >= 0.6 is 11.6 Å². The molecule has 0 spiro atoms. The number of nitriles is 1. The van der Waals surface area contributed by atoms with Gasteiger partial charge in [-0.25, -0.2) is 12.8 Å². The van der Waals surface area contributed by atoms with Crippen LogP contribution in [0.5, 0.6) is 0 Å². The number of nitrogens with zero attached hydrogens (tertiary/aromatic N) is 2. The number of nitrogens with one attached hydrogen (secondary N) is 2. The molecule has 0 saturated carbocycles. The number of carbonyl (C=O) groups excluding carboxylic acids is 1. The summed E-state index contributed by atoms with van der Waals surface area (Å²) < 4.78 is 46.0. The van der Waals surface area contributed by atoms with Crippen molar-refractivity contribution in [2.75, 3.05) is 43.5 Å². The monoisotopic (exact) mass is 452 g/mol. The SMILES string of the molecule is N#Cc1ccc(NC(=O)CNc2ccc(F)c(S(=O)(=O)N3CCOCC3)c2)cc1Cl. The molecule has 0 unspecified atom stereocenters. The zero-order chi connectivity index (χ0) is 21.7. The van der Waals surface area contributed by atoms with Gasteiger partial charge in [-0.05, 0) is 36.4 Å². The number of carbonyl (C=O) groups is 1. The van der Waals surface area contributed by atoms with Crippen LogP contribution in [0.2, 0.25) is 5.02 Å². The maximum atomic E-state index is 14.2. The normalized spacial score (nSPS) is 14.7. The average molecular weight is 453 g/mol. The van der Waals surface area contributed by atoms with E-state index in [1.807, 2.05) is 6.07 Å². The Hall–Kier alpha value is -2.71. The first-order valence-electron chi connectivity index (χ1n) is 8.92. The molecule has 30 heavy (non-hydrogen) atoms. The van der Waals surface area contributed by atoms with Crippen LogP contribution in [-0.2, 0) is 19.6 Å². The quantitative estimate of drug-likeness (QED) is 0.696. The lowest BCUT2D eigenvalue weighted by Gasteiger charge is -2.26. The van der Waals surface area contributed by atoms with E-state index < -0.39 is 26.6 Å². The largest absolute Gasteiger partial charge is 0.379 e. The first-order chi connectivity index (χ1) is 14.3. The van der Waals surface area contributed by atoms with E-state index in [1.54, 1.807) is 0 Å². The molecular weight excluding hydrogens is 435 g/mol. The third-order valence-electron chi connectivity index (χ3n) is 4.35. The molecule has 0 aromatic heterocycles. The number of amides is 1. The van der Waals surface area contributed by atoms with Crippen molar-refractivity contribution in [2.24, 2.45) is 0 Å². The summed E-state index contributed by atoms with van der Waals surface area (Å²) in [4.78, 5) is 11.7. The summed E-state index contributed by atoms with van der Waals surface area (Å²) in [5.41, 5.74) is 0.963. The summed E-state index contributed by atoms with van der Waals surface area (Å²) in [6, 6.07) is 9.92. The van der Waals surface area contributed by atoms with Crippen LogP contribution in [0.25, 0.3) is 0 Å². The summed E-state index contributed by atoms with van der Waals surface area (Å²) in [6.45, 7) is 0.598. The minimum Gasteiger partial charge on any atom is -0.379 e. The maximum absolute atomic E-state index is 14.2. The van der Waals surface area contributed by atoms with Crippen LogP contribution in [0.15, 0.2) is 41.3 Å². The molecule has 1 amide bonds. The van der Waals surface area contributed by atoms with Gasteiger partial charge in [0.2, 0.25) is 15.9 Å². The van der Waals surface area contributed by atoms with E-state index in [2.05, 4.69) is 10.6 Å². The first-order valence-corrected chi connectivity index (χ1v) is 10.7. The molecule has 2 N–H and O–H groups in total. The van der Waals surface area contributed by atoms with Gasteiger partial charge in [0.25, 0.3) is 0 Å². The summed E-state index contributed by atoms with van der Waals surface area (Å²) in [5, 5.41) is 14.5. The Morgan fingerprint density at radius 1 is 1.20 bits per heavy atom. The third-order valence-corrected chi connectivity index (χ3v) is 6.57. The van der Waals surface area contributed by atoms with Crippen LogP contribution < -0.4 is 10.6 Å². The van der Waals surface area contributed by atoms with Gasteiger partial charge in [-0.3, -0.25) is 4.79 Å². The Balaban J connectivity index is 1.67. The first kappa shape index (κ1) is 22.0. The van der Waals surface area contributed by atoms with Gasteiger partial charge in [-0.15, -0.1) is 0 Å². The molecule has 0 radical (unpaired) electrons. The molecule has 2 aromatic rings. The number of anilines is 2. The standard InChI is InChI=1S/C19H18ClFN4O4S/c20-16-9-15(2-1-13(16)11-22)24-19(26)12-23-14-3-4-17(21)18(10-14)30(27,28)25-5-7-29-8-6-25/h1-4,9-10,23H,5-8,12H2,(H,24,26). The molecule has 158 valence electrons. The van der Waals surface area contributed by atoms with Gasteiger partial charge in [0.15, 0.2) is 0 Å². The van der Waals surface area contributed by atoms with Crippen LogP contribution in [0.1, 0.15) is 5.56 Å². The van der Waals surface area contributed by atoms with Crippen LogP contribution in [0.4, 0.5) is 15.8 Å². The maximum Gasteiger partial charge on any atom is 0.246 e. The fourth-order valence-corrected chi connectivity index (χ4v) is 4.53. The Bertz CT molecular complexity index is 1100. The minimum absolute atomic E-state index is 0.148. The number of morpholine rings is 1. The molecule has 1 aliphatic heterocycles. The van der Waals surface area contributed by atoms with E-state index in [0.29, 0.717) is 5.69 Å². The van der Waals surface area contributed by atoms with E-state index in [1.165, 1.54) is 28.6 Å². The average Bonchev–Trinajstić information content (AvgIpc) is 2.74. The molecule has 0 atom stereocenters. The fraction of sp³-hybridized carbons (Fsp3) is 0.263. The van der Waals surface area contributed by atoms with Crippen LogP contribution in [0.3, 0.4) is 0 Å². The molecule has 0 aliphatic carbocycles. The second-order valence-electron chi connectivity index (χ2n) is 6.37. The number of halogens is 2. The van der Waals surface area contributed by atoms with Gasteiger partial charge in [-0.2, -0.15) is 9.57 Å². The van der Waals surface area contributed by atoms with Crippen molar-refractivity contribution in [2.45, 2.75) is 4.90 Å². The number of benzene rings is 2. The van der Waals surface area contributed by atoms with Gasteiger partial charge >= 0.3 is 0 Å². The zero-order valence-corrected chi connectivity index (χ0v) is 17.3. The molecule has 2 aromatic carbocycles. The topological polar surface area (TPSA) is 112 Å². The Morgan fingerprint density at radius 2 is 1.90 bits per heavy atom. The highest BCUT2D eigenvalue weighted by molar-refractivity contribution is 7.89. The second kappa shape index (κ2) is 9.40. The molecule has 8 nitrogen and oxygen atoms in total. The smallest absolute Gasteiger partial charge is 0.246 e. The highest BCUT2D eigenvalue weighted by atomic mass is 35.5. The van der Waals surface area contributed by atoms with Crippen molar-refractivity contribution in [1.29, 1.82) is 5.26 Å². The summed E-state index contributed by atoms with van der Waals surface area (Å²) >= 11 is 5.93. The predicted molar refractivity (Wildman–Crippen MR) is 109 cm³/mol. The van der Waals surface area contributed by atoms with Crippen molar-refractivity contribution in [3.63, 3.8) is 0 Å². The number of hydrogen-bond donors (Lipinski definition) is 2. The molecule has 1 saturated heterocycles. The number of sulfonamides is 1. The number of hydrogen-bond acceptors (Lipinski definition) is 6. The van der Waals surface area contributed by atoms with Crippen molar-refractivity contribution in [3.05, 3.63) is 52.8 Å². The molecule has 0 bridgehead atoms.